The Balaban J connectivity index is 1.66. The first-order chi connectivity index (χ1) is 10.1. The average molecular weight is 284 g/mol. The lowest BCUT2D eigenvalue weighted by Crippen LogP contribution is -2.26. The third-order valence-electron chi connectivity index (χ3n) is 4.16. The van der Waals surface area contributed by atoms with Crippen LogP contribution < -0.4 is 0 Å². The molecule has 21 heavy (non-hydrogen) atoms. The van der Waals surface area contributed by atoms with Gasteiger partial charge in [-0.3, -0.25) is 14.5 Å². The molecule has 1 aliphatic heterocycles. The molecule has 0 aromatic carbocycles. The molecule has 1 atom stereocenters. The Kier molecular flexibility index (Phi) is 3.73. The summed E-state index contributed by atoms with van der Waals surface area (Å²) in [6.07, 6.45) is 5.80. The number of carbonyl (C=O) groups is 1. The fraction of sp³-hybridized carbons (Fsp3) is 0.438. The third-order valence-corrected chi connectivity index (χ3v) is 4.16. The monoisotopic (exact) mass is 284 g/mol. The number of likely N-dealkylation sites (tertiary alicyclic amines) is 1. The standard InChI is InChI=1S/C16H20N4O/c1-12(21)20-8-6-14(11-20)9-13-3-4-15(17-10-13)16-5-7-18-19(16)2/h3-5,7,10,14H,6,8-9,11H2,1-2H3. The van der Waals surface area contributed by atoms with E-state index in [4.69, 9.17) is 0 Å². The van der Waals surface area contributed by atoms with Gasteiger partial charge in [0.25, 0.3) is 0 Å². The topological polar surface area (TPSA) is 51.0 Å². The molecule has 0 N–H and O–H groups in total. The maximum atomic E-state index is 11.4. The van der Waals surface area contributed by atoms with Crippen LogP contribution in [0.2, 0.25) is 0 Å². The minimum absolute atomic E-state index is 0.183. The van der Waals surface area contributed by atoms with Gasteiger partial charge >= 0.3 is 0 Å². The summed E-state index contributed by atoms with van der Waals surface area (Å²) in [5.74, 6) is 0.737. The van der Waals surface area contributed by atoms with Crippen LogP contribution in [0.3, 0.4) is 0 Å². The van der Waals surface area contributed by atoms with Crippen LogP contribution in [-0.4, -0.2) is 38.7 Å². The minimum Gasteiger partial charge on any atom is -0.343 e. The molecule has 5 nitrogen and oxygen atoms in total. The van der Waals surface area contributed by atoms with Gasteiger partial charge in [-0.05, 0) is 36.5 Å². The maximum Gasteiger partial charge on any atom is 0.219 e. The van der Waals surface area contributed by atoms with Gasteiger partial charge in [-0.1, -0.05) is 6.07 Å². The Bertz CT molecular complexity index is 632. The van der Waals surface area contributed by atoms with Crippen LogP contribution in [0.15, 0.2) is 30.6 Å². The van der Waals surface area contributed by atoms with Crippen molar-refractivity contribution in [2.75, 3.05) is 13.1 Å². The highest BCUT2D eigenvalue weighted by Gasteiger charge is 2.24. The van der Waals surface area contributed by atoms with Crippen molar-refractivity contribution in [2.45, 2.75) is 19.8 Å². The molecule has 1 aliphatic rings. The molecule has 0 bridgehead atoms. The number of carbonyl (C=O) groups excluding carboxylic acids is 1. The SMILES string of the molecule is CC(=O)N1CCC(Cc2ccc(-c3ccnn3C)nc2)C1. The highest BCUT2D eigenvalue weighted by Crippen LogP contribution is 2.22. The van der Waals surface area contributed by atoms with E-state index in [0.29, 0.717) is 5.92 Å². The summed E-state index contributed by atoms with van der Waals surface area (Å²) in [5, 5.41) is 4.16. The molecule has 1 saturated heterocycles. The van der Waals surface area contributed by atoms with Crippen LogP contribution in [0.25, 0.3) is 11.4 Å². The van der Waals surface area contributed by atoms with Crippen molar-refractivity contribution in [3.8, 4) is 11.4 Å². The summed E-state index contributed by atoms with van der Waals surface area (Å²) in [4.78, 5) is 17.8. The quantitative estimate of drug-likeness (QED) is 0.865. The smallest absolute Gasteiger partial charge is 0.219 e. The number of aryl methyl sites for hydroxylation is 1. The van der Waals surface area contributed by atoms with Gasteiger partial charge in [0.15, 0.2) is 0 Å². The van der Waals surface area contributed by atoms with Gasteiger partial charge in [0.2, 0.25) is 5.91 Å². The van der Waals surface area contributed by atoms with E-state index in [9.17, 15) is 4.79 Å². The van der Waals surface area contributed by atoms with Gasteiger partial charge < -0.3 is 4.90 Å². The number of amides is 1. The van der Waals surface area contributed by atoms with Crippen molar-refractivity contribution in [3.63, 3.8) is 0 Å². The first kappa shape index (κ1) is 13.8. The lowest BCUT2D eigenvalue weighted by Gasteiger charge is -2.14. The molecule has 5 heteroatoms. The number of aromatic nitrogens is 3. The summed E-state index contributed by atoms with van der Waals surface area (Å²) in [6.45, 7) is 3.41. The van der Waals surface area contributed by atoms with Crippen molar-refractivity contribution in [1.29, 1.82) is 0 Å². The van der Waals surface area contributed by atoms with Gasteiger partial charge in [0, 0.05) is 39.5 Å². The molecule has 1 amide bonds. The Morgan fingerprint density at radius 2 is 2.24 bits per heavy atom. The van der Waals surface area contributed by atoms with Crippen LogP contribution in [0.5, 0.6) is 0 Å². The molecule has 0 radical (unpaired) electrons. The van der Waals surface area contributed by atoms with E-state index in [1.54, 1.807) is 13.1 Å². The Morgan fingerprint density at radius 1 is 1.38 bits per heavy atom. The van der Waals surface area contributed by atoms with Crippen molar-refractivity contribution in [2.24, 2.45) is 13.0 Å². The highest BCUT2D eigenvalue weighted by molar-refractivity contribution is 5.73. The maximum absolute atomic E-state index is 11.4. The molecule has 2 aromatic rings. The Morgan fingerprint density at radius 3 is 2.81 bits per heavy atom. The Labute approximate surface area is 124 Å². The lowest BCUT2D eigenvalue weighted by molar-refractivity contribution is -0.127. The number of nitrogens with zero attached hydrogens (tertiary/aromatic N) is 4. The second kappa shape index (κ2) is 5.68. The van der Waals surface area contributed by atoms with Crippen LogP contribution in [0.4, 0.5) is 0 Å². The molecular weight excluding hydrogens is 264 g/mol. The van der Waals surface area contributed by atoms with Gasteiger partial charge in [-0.15, -0.1) is 0 Å². The van der Waals surface area contributed by atoms with Crippen molar-refractivity contribution in [3.05, 3.63) is 36.2 Å². The molecular formula is C16H20N4O. The van der Waals surface area contributed by atoms with Crippen LogP contribution in [0, 0.1) is 5.92 Å². The molecule has 1 fully saturated rings. The molecule has 2 aromatic heterocycles. The number of rotatable bonds is 3. The summed E-state index contributed by atoms with van der Waals surface area (Å²) >= 11 is 0. The van der Waals surface area contributed by atoms with Gasteiger partial charge in [-0.25, -0.2) is 0 Å². The molecule has 110 valence electrons. The average Bonchev–Trinajstić information content (AvgIpc) is 3.09. The third kappa shape index (κ3) is 2.96. The molecule has 0 aliphatic carbocycles. The zero-order valence-corrected chi connectivity index (χ0v) is 12.5. The summed E-state index contributed by atoms with van der Waals surface area (Å²) in [5.41, 5.74) is 3.19. The fourth-order valence-electron chi connectivity index (χ4n) is 2.94. The molecule has 0 saturated carbocycles. The van der Waals surface area contributed by atoms with Crippen molar-refractivity contribution in [1.82, 2.24) is 19.7 Å². The van der Waals surface area contributed by atoms with Gasteiger partial charge in [0.05, 0.1) is 11.4 Å². The zero-order chi connectivity index (χ0) is 14.8. The van der Waals surface area contributed by atoms with E-state index in [1.807, 2.05) is 35.0 Å². The second-order valence-corrected chi connectivity index (χ2v) is 5.72. The Hall–Kier alpha value is -2.17. The first-order valence-electron chi connectivity index (χ1n) is 7.32. The second-order valence-electron chi connectivity index (χ2n) is 5.72. The molecule has 0 spiro atoms. The van der Waals surface area contributed by atoms with E-state index < -0.39 is 0 Å². The van der Waals surface area contributed by atoms with Crippen LogP contribution in [0.1, 0.15) is 18.9 Å². The van der Waals surface area contributed by atoms with Crippen LogP contribution in [-0.2, 0) is 18.3 Å². The first-order valence-corrected chi connectivity index (χ1v) is 7.32. The molecule has 1 unspecified atom stereocenters. The number of pyridine rings is 1. The summed E-state index contributed by atoms with van der Waals surface area (Å²) < 4.78 is 1.82. The number of hydrogen-bond acceptors (Lipinski definition) is 3. The lowest BCUT2D eigenvalue weighted by atomic mass is 10.00. The molecule has 3 heterocycles. The highest BCUT2D eigenvalue weighted by atomic mass is 16.2. The minimum atomic E-state index is 0.183. The van der Waals surface area contributed by atoms with E-state index in [0.717, 1.165) is 37.3 Å². The fourth-order valence-corrected chi connectivity index (χ4v) is 2.94. The molecule has 3 rings (SSSR count). The van der Waals surface area contributed by atoms with E-state index >= 15 is 0 Å². The van der Waals surface area contributed by atoms with Crippen molar-refractivity contribution >= 4 is 5.91 Å². The van der Waals surface area contributed by atoms with E-state index in [2.05, 4.69) is 16.1 Å². The van der Waals surface area contributed by atoms with E-state index in [1.165, 1.54) is 5.56 Å². The summed E-state index contributed by atoms with van der Waals surface area (Å²) in [7, 11) is 1.92. The normalized spacial score (nSPS) is 18.2. The van der Waals surface area contributed by atoms with Crippen LogP contribution >= 0.6 is 0 Å². The largest absolute Gasteiger partial charge is 0.343 e. The van der Waals surface area contributed by atoms with Gasteiger partial charge in [-0.2, -0.15) is 5.10 Å². The van der Waals surface area contributed by atoms with E-state index in [-0.39, 0.29) is 5.91 Å². The zero-order valence-electron chi connectivity index (χ0n) is 12.5. The van der Waals surface area contributed by atoms with Crippen molar-refractivity contribution < 1.29 is 4.79 Å². The van der Waals surface area contributed by atoms with Gasteiger partial charge in [0.1, 0.15) is 0 Å². The summed E-state index contributed by atoms with van der Waals surface area (Å²) in [6, 6.07) is 6.14. The predicted octanol–water partition coefficient (Wildman–Crippen LogP) is 1.89. The number of hydrogen-bond donors (Lipinski definition) is 0. The predicted molar refractivity (Wildman–Crippen MR) is 80.5 cm³/mol.